The molecule has 1 heteroatoms. The molecule has 23 heavy (non-hydrogen) atoms. The standard InChI is InChI=1S/C22H44Si/c1-5-9-11-13-15-16-18-20-22-23(7-3,8-4)21-19-17-14-12-10-6-2/h7-8H,3-6,9-22H2,1-2H3. The molecule has 0 unspecified atom stereocenters. The van der Waals surface area contributed by atoms with Gasteiger partial charge < -0.3 is 0 Å². The van der Waals surface area contributed by atoms with Gasteiger partial charge in [-0.1, -0.05) is 127 Å². The first-order valence-electron chi connectivity index (χ1n) is 10.5. The molecule has 0 aliphatic heterocycles. The molecule has 0 nitrogen and oxygen atoms in total. The van der Waals surface area contributed by atoms with Gasteiger partial charge in [0.25, 0.3) is 0 Å². The second-order valence-corrected chi connectivity index (χ2v) is 11.7. The second kappa shape index (κ2) is 16.6. The third-order valence-corrected chi connectivity index (χ3v) is 9.50. The second-order valence-electron chi connectivity index (χ2n) is 7.38. The van der Waals surface area contributed by atoms with Crippen molar-refractivity contribution in [1.82, 2.24) is 0 Å². The molecule has 0 bridgehead atoms. The zero-order valence-corrected chi connectivity index (χ0v) is 17.4. The molecule has 0 radical (unpaired) electrons. The van der Waals surface area contributed by atoms with Crippen molar-refractivity contribution in [3.05, 3.63) is 24.6 Å². The van der Waals surface area contributed by atoms with Crippen molar-refractivity contribution in [2.45, 2.75) is 116 Å². The summed E-state index contributed by atoms with van der Waals surface area (Å²) >= 11 is 0. The molecule has 0 aromatic rings. The van der Waals surface area contributed by atoms with Crippen molar-refractivity contribution in [3.63, 3.8) is 0 Å². The van der Waals surface area contributed by atoms with Crippen LogP contribution >= 0.6 is 0 Å². The van der Waals surface area contributed by atoms with Gasteiger partial charge in [-0.05, 0) is 0 Å². The van der Waals surface area contributed by atoms with E-state index in [1.165, 1.54) is 102 Å². The van der Waals surface area contributed by atoms with Crippen LogP contribution < -0.4 is 0 Å². The summed E-state index contributed by atoms with van der Waals surface area (Å²) in [6.07, 6.45) is 19.7. The van der Waals surface area contributed by atoms with Gasteiger partial charge in [-0.2, -0.15) is 0 Å². The fourth-order valence-corrected chi connectivity index (χ4v) is 6.49. The van der Waals surface area contributed by atoms with Crippen molar-refractivity contribution < 1.29 is 0 Å². The Kier molecular flexibility index (Phi) is 16.3. The molecule has 0 atom stereocenters. The van der Waals surface area contributed by atoms with Crippen molar-refractivity contribution in [3.8, 4) is 0 Å². The van der Waals surface area contributed by atoms with Gasteiger partial charge >= 0.3 is 0 Å². The Balaban J connectivity index is 3.77. The van der Waals surface area contributed by atoms with Crippen LogP contribution in [-0.2, 0) is 0 Å². The number of hydrogen-bond acceptors (Lipinski definition) is 0. The van der Waals surface area contributed by atoms with E-state index in [2.05, 4.69) is 38.4 Å². The summed E-state index contributed by atoms with van der Waals surface area (Å²) in [5.74, 6) is 0. The maximum atomic E-state index is 4.17. The summed E-state index contributed by atoms with van der Waals surface area (Å²) in [6.45, 7) is 12.9. The minimum absolute atomic E-state index is 1.34. The minimum Gasteiger partial charge on any atom is -0.107 e. The zero-order valence-electron chi connectivity index (χ0n) is 16.4. The summed E-state index contributed by atoms with van der Waals surface area (Å²) in [7, 11) is -1.37. The van der Waals surface area contributed by atoms with Crippen LogP contribution in [0.15, 0.2) is 24.6 Å². The molecule has 0 aromatic carbocycles. The van der Waals surface area contributed by atoms with Gasteiger partial charge in [-0.15, -0.1) is 13.2 Å². The smallest absolute Gasteiger partial charge is 0.100 e. The van der Waals surface area contributed by atoms with Crippen LogP contribution in [0.2, 0.25) is 12.1 Å². The summed E-state index contributed by atoms with van der Waals surface area (Å²) in [4.78, 5) is 0. The molecular formula is C22H44Si. The van der Waals surface area contributed by atoms with Crippen LogP contribution in [0.3, 0.4) is 0 Å². The van der Waals surface area contributed by atoms with Gasteiger partial charge in [0.15, 0.2) is 0 Å². The lowest BCUT2D eigenvalue weighted by Crippen LogP contribution is -2.29. The van der Waals surface area contributed by atoms with Gasteiger partial charge in [0.05, 0.1) is 0 Å². The monoisotopic (exact) mass is 336 g/mol. The van der Waals surface area contributed by atoms with E-state index in [9.17, 15) is 0 Å². The van der Waals surface area contributed by atoms with Crippen molar-refractivity contribution in [1.29, 1.82) is 0 Å². The molecule has 0 N–H and O–H groups in total. The predicted molar refractivity (Wildman–Crippen MR) is 112 cm³/mol. The number of unbranched alkanes of at least 4 members (excludes halogenated alkanes) is 12. The first kappa shape index (κ1) is 22.7. The van der Waals surface area contributed by atoms with Crippen LogP contribution in [0.25, 0.3) is 0 Å². The summed E-state index contributed by atoms with van der Waals surface area (Å²) in [6, 6.07) is 2.78. The Morgan fingerprint density at radius 2 is 0.826 bits per heavy atom. The van der Waals surface area contributed by atoms with E-state index in [4.69, 9.17) is 0 Å². The molecule has 0 aromatic heterocycles. The maximum absolute atomic E-state index is 4.17. The SMILES string of the molecule is C=C[Si](C=C)(CCCCCCCC)CCCCCCCCCC. The van der Waals surface area contributed by atoms with Crippen molar-refractivity contribution >= 4 is 8.07 Å². The largest absolute Gasteiger partial charge is 0.107 e. The highest BCUT2D eigenvalue weighted by molar-refractivity contribution is 6.88. The highest BCUT2D eigenvalue weighted by Crippen LogP contribution is 2.25. The Morgan fingerprint density at radius 1 is 0.522 bits per heavy atom. The molecule has 0 fully saturated rings. The molecule has 0 heterocycles. The normalized spacial score (nSPS) is 11.6. The fourth-order valence-electron chi connectivity index (χ4n) is 3.44. The van der Waals surface area contributed by atoms with Crippen molar-refractivity contribution in [2.75, 3.05) is 0 Å². The molecule has 0 amide bonds. The first-order chi connectivity index (χ1) is 11.2. The molecular weight excluding hydrogens is 292 g/mol. The van der Waals surface area contributed by atoms with E-state index in [1.54, 1.807) is 0 Å². The fraction of sp³-hybridized carbons (Fsp3) is 0.818. The van der Waals surface area contributed by atoms with Gasteiger partial charge in [0, 0.05) is 0 Å². The molecule has 0 rings (SSSR count). The lowest BCUT2D eigenvalue weighted by Gasteiger charge is -2.24. The van der Waals surface area contributed by atoms with E-state index in [0.717, 1.165) is 0 Å². The van der Waals surface area contributed by atoms with E-state index in [0.29, 0.717) is 0 Å². The van der Waals surface area contributed by atoms with Crippen LogP contribution in [-0.4, -0.2) is 8.07 Å². The summed E-state index contributed by atoms with van der Waals surface area (Å²) in [5, 5.41) is 0. The average Bonchev–Trinajstić information content (AvgIpc) is 2.58. The highest BCUT2D eigenvalue weighted by atomic mass is 28.3. The summed E-state index contributed by atoms with van der Waals surface area (Å²) < 4.78 is 0. The highest BCUT2D eigenvalue weighted by Gasteiger charge is 2.24. The topological polar surface area (TPSA) is 0 Å². The summed E-state index contributed by atoms with van der Waals surface area (Å²) in [5.41, 5.74) is 4.63. The van der Waals surface area contributed by atoms with Crippen LogP contribution in [0.1, 0.15) is 104 Å². The quantitative estimate of drug-likeness (QED) is 0.174. The van der Waals surface area contributed by atoms with Crippen LogP contribution in [0, 0.1) is 0 Å². The van der Waals surface area contributed by atoms with Gasteiger partial charge in [-0.3, -0.25) is 0 Å². The first-order valence-corrected chi connectivity index (χ1v) is 13.1. The Morgan fingerprint density at radius 3 is 1.13 bits per heavy atom. The van der Waals surface area contributed by atoms with Gasteiger partial charge in [0.2, 0.25) is 0 Å². The Labute approximate surface area is 148 Å². The molecule has 136 valence electrons. The third kappa shape index (κ3) is 12.7. The zero-order chi connectivity index (χ0) is 17.2. The molecule has 0 saturated heterocycles. The van der Waals surface area contributed by atoms with Gasteiger partial charge in [0.1, 0.15) is 8.07 Å². The minimum atomic E-state index is -1.37. The third-order valence-electron chi connectivity index (χ3n) is 5.30. The van der Waals surface area contributed by atoms with E-state index in [1.807, 2.05) is 0 Å². The predicted octanol–water partition coefficient (Wildman–Crippen LogP) is 8.39. The maximum Gasteiger partial charge on any atom is 0.100 e. The van der Waals surface area contributed by atoms with E-state index >= 15 is 0 Å². The van der Waals surface area contributed by atoms with E-state index < -0.39 is 8.07 Å². The number of hydrogen-bond donors (Lipinski definition) is 0. The number of rotatable bonds is 18. The van der Waals surface area contributed by atoms with Crippen LogP contribution in [0.5, 0.6) is 0 Å². The molecule has 0 aliphatic carbocycles. The molecule has 0 spiro atoms. The van der Waals surface area contributed by atoms with Crippen LogP contribution in [0.4, 0.5) is 0 Å². The lowest BCUT2D eigenvalue weighted by atomic mass is 10.1. The van der Waals surface area contributed by atoms with E-state index in [-0.39, 0.29) is 0 Å². The van der Waals surface area contributed by atoms with Gasteiger partial charge in [-0.25, -0.2) is 0 Å². The Bertz CT molecular complexity index is 261. The average molecular weight is 337 g/mol. The van der Waals surface area contributed by atoms with Crippen molar-refractivity contribution in [2.24, 2.45) is 0 Å². The Hall–Kier alpha value is -0.303. The molecule has 0 aliphatic rings. The lowest BCUT2D eigenvalue weighted by molar-refractivity contribution is 0.583. The molecule has 0 saturated carbocycles.